The molecule has 0 aliphatic heterocycles. The molecule has 0 bridgehead atoms. The van der Waals surface area contributed by atoms with Gasteiger partial charge in [-0.25, -0.2) is 4.79 Å². The maximum atomic E-state index is 11.4. The highest BCUT2D eigenvalue weighted by atomic mass is 16.5. The Morgan fingerprint density at radius 2 is 2.29 bits per heavy atom. The van der Waals surface area contributed by atoms with Gasteiger partial charge in [0.25, 0.3) is 0 Å². The summed E-state index contributed by atoms with van der Waals surface area (Å²) in [6.07, 6.45) is 3.44. The van der Waals surface area contributed by atoms with Gasteiger partial charge in [-0.3, -0.25) is 4.57 Å². The van der Waals surface area contributed by atoms with Crippen LogP contribution in [-0.2, 0) is 13.6 Å². The van der Waals surface area contributed by atoms with Crippen molar-refractivity contribution in [1.82, 2.24) is 14.3 Å². The first-order valence-electron chi connectivity index (χ1n) is 4.31. The minimum Gasteiger partial charge on any atom is -0.359 e. The van der Waals surface area contributed by atoms with Crippen LogP contribution in [0.4, 0.5) is 0 Å². The number of aryl methyl sites for hydroxylation is 2. The van der Waals surface area contributed by atoms with Gasteiger partial charge in [0.2, 0.25) is 0 Å². The molecule has 0 saturated carbocycles. The van der Waals surface area contributed by atoms with Crippen molar-refractivity contribution in [2.24, 2.45) is 7.05 Å². The molecule has 0 aliphatic carbocycles. The van der Waals surface area contributed by atoms with E-state index in [0.717, 1.165) is 5.69 Å². The zero-order valence-corrected chi connectivity index (χ0v) is 8.10. The molecule has 0 N–H and O–H groups in total. The third kappa shape index (κ3) is 1.48. The maximum absolute atomic E-state index is 11.4. The van der Waals surface area contributed by atoms with E-state index in [2.05, 4.69) is 5.16 Å². The molecule has 0 radical (unpaired) electrons. The molecular weight excluding hydrogens is 182 g/mol. The molecule has 0 saturated heterocycles. The monoisotopic (exact) mass is 193 g/mol. The van der Waals surface area contributed by atoms with Crippen LogP contribution in [0.2, 0.25) is 0 Å². The second-order valence-electron chi connectivity index (χ2n) is 3.25. The lowest BCUT2D eigenvalue weighted by Crippen LogP contribution is -2.22. The first-order valence-corrected chi connectivity index (χ1v) is 4.31. The van der Waals surface area contributed by atoms with Crippen LogP contribution in [0.15, 0.2) is 27.8 Å². The molecule has 0 aromatic carbocycles. The lowest BCUT2D eigenvalue weighted by atomic mass is 10.4. The minimum absolute atomic E-state index is 0.0564. The van der Waals surface area contributed by atoms with E-state index in [0.29, 0.717) is 12.3 Å². The van der Waals surface area contributed by atoms with Gasteiger partial charge in [0.15, 0.2) is 5.76 Å². The third-order valence-corrected chi connectivity index (χ3v) is 2.02. The van der Waals surface area contributed by atoms with E-state index in [1.807, 2.05) is 13.0 Å². The van der Waals surface area contributed by atoms with Gasteiger partial charge in [0.1, 0.15) is 0 Å². The normalized spacial score (nSPS) is 10.7. The zero-order chi connectivity index (χ0) is 10.1. The summed E-state index contributed by atoms with van der Waals surface area (Å²) < 4.78 is 8.10. The summed E-state index contributed by atoms with van der Waals surface area (Å²) in [4.78, 5) is 11.4. The van der Waals surface area contributed by atoms with E-state index in [-0.39, 0.29) is 5.69 Å². The molecule has 0 amide bonds. The number of hydrogen-bond donors (Lipinski definition) is 0. The maximum Gasteiger partial charge on any atom is 0.328 e. The fourth-order valence-corrected chi connectivity index (χ4v) is 1.29. The van der Waals surface area contributed by atoms with E-state index < -0.39 is 0 Å². The Hall–Kier alpha value is -1.78. The Balaban J connectivity index is 2.27. The highest BCUT2D eigenvalue weighted by Gasteiger charge is 2.04. The smallest absolute Gasteiger partial charge is 0.328 e. The SMILES string of the molecule is Cc1cc(Cn2ccn(C)c2=O)on1. The second-order valence-corrected chi connectivity index (χ2v) is 3.25. The van der Waals surface area contributed by atoms with E-state index in [4.69, 9.17) is 4.52 Å². The largest absolute Gasteiger partial charge is 0.359 e. The van der Waals surface area contributed by atoms with Crippen LogP contribution in [0.3, 0.4) is 0 Å². The van der Waals surface area contributed by atoms with Crippen molar-refractivity contribution < 1.29 is 4.52 Å². The van der Waals surface area contributed by atoms with Crippen LogP contribution < -0.4 is 5.69 Å². The van der Waals surface area contributed by atoms with Gasteiger partial charge < -0.3 is 9.09 Å². The van der Waals surface area contributed by atoms with Crippen molar-refractivity contribution in [3.05, 3.63) is 40.4 Å². The summed E-state index contributed by atoms with van der Waals surface area (Å²) >= 11 is 0. The third-order valence-electron chi connectivity index (χ3n) is 2.02. The second kappa shape index (κ2) is 3.17. The molecule has 0 unspecified atom stereocenters. The molecule has 2 aromatic rings. The number of rotatable bonds is 2. The van der Waals surface area contributed by atoms with Crippen LogP contribution in [0.5, 0.6) is 0 Å². The average Bonchev–Trinajstić information content (AvgIpc) is 2.67. The van der Waals surface area contributed by atoms with Gasteiger partial charge in [0.05, 0.1) is 12.2 Å². The molecule has 5 nitrogen and oxygen atoms in total. The number of aromatic nitrogens is 3. The Morgan fingerprint density at radius 1 is 1.50 bits per heavy atom. The zero-order valence-electron chi connectivity index (χ0n) is 8.10. The fraction of sp³-hybridized carbons (Fsp3) is 0.333. The average molecular weight is 193 g/mol. The van der Waals surface area contributed by atoms with Gasteiger partial charge >= 0.3 is 5.69 Å². The van der Waals surface area contributed by atoms with E-state index in [1.165, 1.54) is 4.57 Å². The van der Waals surface area contributed by atoms with Gasteiger partial charge in [-0.15, -0.1) is 0 Å². The summed E-state index contributed by atoms with van der Waals surface area (Å²) in [5.74, 6) is 0.691. The Labute approximate surface area is 80.6 Å². The highest BCUT2D eigenvalue weighted by Crippen LogP contribution is 2.03. The van der Waals surface area contributed by atoms with Crippen LogP contribution in [0.1, 0.15) is 11.5 Å². The molecule has 0 aliphatic rings. The van der Waals surface area contributed by atoms with E-state index in [1.54, 1.807) is 24.0 Å². The van der Waals surface area contributed by atoms with E-state index in [9.17, 15) is 4.79 Å². The van der Waals surface area contributed by atoms with Crippen molar-refractivity contribution in [3.63, 3.8) is 0 Å². The molecule has 0 fully saturated rings. The number of imidazole rings is 1. The minimum atomic E-state index is -0.0564. The molecule has 0 spiro atoms. The van der Waals surface area contributed by atoms with Crippen molar-refractivity contribution >= 4 is 0 Å². The first-order chi connectivity index (χ1) is 6.66. The molecular formula is C9H11N3O2. The van der Waals surface area contributed by atoms with Crippen LogP contribution >= 0.6 is 0 Å². The quantitative estimate of drug-likeness (QED) is 0.699. The molecule has 2 aromatic heterocycles. The lowest BCUT2D eigenvalue weighted by Gasteiger charge is -1.94. The predicted molar refractivity (Wildman–Crippen MR) is 50.0 cm³/mol. The Morgan fingerprint density at radius 3 is 2.79 bits per heavy atom. The Bertz CT molecular complexity index is 492. The summed E-state index contributed by atoms with van der Waals surface area (Å²) in [5, 5.41) is 3.75. The van der Waals surface area contributed by atoms with Gasteiger partial charge in [-0.2, -0.15) is 0 Å². The fourth-order valence-electron chi connectivity index (χ4n) is 1.29. The molecule has 2 rings (SSSR count). The molecule has 0 atom stereocenters. The number of nitrogens with zero attached hydrogens (tertiary/aromatic N) is 3. The summed E-state index contributed by atoms with van der Waals surface area (Å²) in [7, 11) is 1.71. The first kappa shape index (κ1) is 8.80. The van der Waals surface area contributed by atoms with Gasteiger partial charge in [-0.05, 0) is 6.92 Å². The van der Waals surface area contributed by atoms with Crippen LogP contribution in [0.25, 0.3) is 0 Å². The Kier molecular flexibility index (Phi) is 1.99. The predicted octanol–water partition coefficient (Wildman–Crippen LogP) is 0.532. The van der Waals surface area contributed by atoms with Gasteiger partial charge in [-0.1, -0.05) is 5.16 Å². The number of hydrogen-bond acceptors (Lipinski definition) is 3. The molecule has 74 valence electrons. The summed E-state index contributed by atoms with van der Waals surface area (Å²) in [6, 6.07) is 1.82. The molecule has 2 heterocycles. The van der Waals surface area contributed by atoms with Crippen LogP contribution in [-0.4, -0.2) is 14.3 Å². The molecule has 14 heavy (non-hydrogen) atoms. The molecule has 5 heteroatoms. The topological polar surface area (TPSA) is 53.0 Å². The van der Waals surface area contributed by atoms with Gasteiger partial charge in [0, 0.05) is 25.5 Å². The van der Waals surface area contributed by atoms with Crippen LogP contribution in [0, 0.1) is 6.92 Å². The van der Waals surface area contributed by atoms with Crippen molar-refractivity contribution in [3.8, 4) is 0 Å². The lowest BCUT2D eigenvalue weighted by molar-refractivity contribution is 0.371. The standard InChI is InChI=1S/C9H11N3O2/c1-7-5-8(14-10-7)6-12-4-3-11(2)9(12)13/h3-5H,6H2,1-2H3. The highest BCUT2D eigenvalue weighted by molar-refractivity contribution is 5.03. The summed E-state index contributed by atoms with van der Waals surface area (Å²) in [5.41, 5.74) is 0.767. The van der Waals surface area contributed by atoms with Crippen molar-refractivity contribution in [1.29, 1.82) is 0 Å². The summed E-state index contributed by atoms with van der Waals surface area (Å²) in [6.45, 7) is 2.28. The van der Waals surface area contributed by atoms with Crippen molar-refractivity contribution in [2.75, 3.05) is 0 Å². The van der Waals surface area contributed by atoms with E-state index >= 15 is 0 Å². The van der Waals surface area contributed by atoms with Crippen molar-refractivity contribution in [2.45, 2.75) is 13.5 Å².